The predicted molar refractivity (Wildman–Crippen MR) is 91.5 cm³/mol. The van der Waals surface area contributed by atoms with Crippen molar-refractivity contribution in [2.75, 3.05) is 5.75 Å². The van der Waals surface area contributed by atoms with Gasteiger partial charge in [0.25, 0.3) is 0 Å². The highest BCUT2D eigenvalue weighted by atomic mass is 32.2. The molecule has 2 aliphatic rings. The van der Waals surface area contributed by atoms with E-state index in [-0.39, 0.29) is 34.7 Å². The molecule has 2 heterocycles. The average molecular weight is 356 g/mol. The smallest absolute Gasteiger partial charge is 0.353 e. The number of fused-ring (bicyclic) bond motifs is 1. The topological polar surface area (TPSA) is 86.7 Å². The minimum Gasteiger partial charge on any atom is -0.477 e. The zero-order valence-electron chi connectivity index (χ0n) is 13.2. The van der Waals surface area contributed by atoms with Crippen molar-refractivity contribution in [3.63, 3.8) is 0 Å². The molecule has 2 amide bonds. The van der Waals surface area contributed by atoms with E-state index in [1.807, 2.05) is 13.8 Å². The lowest BCUT2D eigenvalue weighted by molar-refractivity contribution is -0.154. The van der Waals surface area contributed by atoms with Gasteiger partial charge in [0.05, 0.1) is 12.0 Å². The van der Waals surface area contributed by atoms with Gasteiger partial charge in [-0.1, -0.05) is 25.6 Å². The van der Waals surface area contributed by atoms with Crippen LogP contribution in [0.2, 0.25) is 0 Å². The van der Waals surface area contributed by atoms with Crippen LogP contribution in [0.5, 0.6) is 0 Å². The first-order valence-corrected chi connectivity index (χ1v) is 9.31. The minimum absolute atomic E-state index is 0.0562. The number of rotatable bonds is 7. The highest BCUT2D eigenvalue weighted by Gasteiger charge is 2.56. The van der Waals surface area contributed by atoms with Gasteiger partial charge < -0.3 is 15.3 Å². The standard InChI is InChI=1S/C15H20N2O4S2/c1-4-22-8(2)12-10-7-11(23-6-5-16-9(3)18)13(15(20)21)17(10)14(12)19/h5-6,8,10,12H,4,7H2,1-3H3,(H,16,18)(H,20,21)/b6-5+/t8-,10+,12+/m0/s1. The molecule has 0 spiro atoms. The maximum absolute atomic E-state index is 12.4. The van der Waals surface area contributed by atoms with Crippen molar-refractivity contribution in [1.29, 1.82) is 0 Å². The first kappa shape index (κ1) is 17.9. The van der Waals surface area contributed by atoms with Gasteiger partial charge in [0.2, 0.25) is 11.8 Å². The molecule has 23 heavy (non-hydrogen) atoms. The SMILES string of the molecule is CCS[C@@H](C)[C@H]1C(=O)N2C(C(=O)O)=C(S/C=C/NC(C)=O)C[C@H]12. The first-order valence-electron chi connectivity index (χ1n) is 7.38. The maximum atomic E-state index is 12.4. The average Bonchev–Trinajstić information content (AvgIpc) is 2.78. The van der Waals surface area contributed by atoms with E-state index in [4.69, 9.17) is 0 Å². The molecule has 2 rings (SSSR count). The molecule has 0 aromatic rings. The van der Waals surface area contributed by atoms with Crippen molar-refractivity contribution in [3.05, 3.63) is 22.2 Å². The number of β-lactam (4-membered cyclic amide) rings is 1. The Morgan fingerprint density at radius 1 is 1.52 bits per heavy atom. The van der Waals surface area contributed by atoms with Crippen LogP contribution in [0.4, 0.5) is 0 Å². The molecule has 0 aliphatic carbocycles. The third-order valence-electron chi connectivity index (χ3n) is 3.87. The lowest BCUT2D eigenvalue weighted by Crippen LogP contribution is -2.61. The van der Waals surface area contributed by atoms with Crippen molar-refractivity contribution in [2.45, 2.75) is 38.5 Å². The summed E-state index contributed by atoms with van der Waals surface area (Å²) in [5.74, 6) is -0.553. The van der Waals surface area contributed by atoms with Crippen molar-refractivity contribution in [3.8, 4) is 0 Å². The van der Waals surface area contributed by atoms with Crippen molar-refractivity contribution in [1.82, 2.24) is 10.2 Å². The summed E-state index contributed by atoms with van der Waals surface area (Å²) in [5, 5.41) is 13.8. The van der Waals surface area contributed by atoms with Crippen LogP contribution in [0.1, 0.15) is 27.2 Å². The number of nitrogens with zero attached hydrogens (tertiary/aromatic N) is 1. The van der Waals surface area contributed by atoms with Crippen molar-refractivity contribution in [2.24, 2.45) is 5.92 Å². The molecule has 6 nitrogen and oxygen atoms in total. The molecular formula is C15H20N2O4S2. The van der Waals surface area contributed by atoms with Crippen LogP contribution < -0.4 is 5.32 Å². The predicted octanol–water partition coefficient (Wildman–Crippen LogP) is 2.00. The van der Waals surface area contributed by atoms with Crippen LogP contribution in [0.15, 0.2) is 22.2 Å². The minimum atomic E-state index is -1.08. The van der Waals surface area contributed by atoms with E-state index in [0.717, 1.165) is 5.75 Å². The van der Waals surface area contributed by atoms with Gasteiger partial charge in [-0.3, -0.25) is 9.59 Å². The van der Waals surface area contributed by atoms with Gasteiger partial charge in [0, 0.05) is 29.7 Å². The van der Waals surface area contributed by atoms with Gasteiger partial charge in [-0.25, -0.2) is 4.79 Å². The first-order chi connectivity index (χ1) is 10.9. The van der Waals surface area contributed by atoms with E-state index in [9.17, 15) is 19.5 Å². The number of amides is 2. The number of carboxylic acid groups (broad SMARTS) is 1. The number of hydrogen-bond donors (Lipinski definition) is 2. The largest absolute Gasteiger partial charge is 0.477 e. The maximum Gasteiger partial charge on any atom is 0.353 e. The summed E-state index contributed by atoms with van der Waals surface area (Å²) in [5.41, 5.74) is 0.0856. The van der Waals surface area contributed by atoms with Crippen LogP contribution in [-0.2, 0) is 14.4 Å². The van der Waals surface area contributed by atoms with Crippen LogP contribution in [-0.4, -0.2) is 44.8 Å². The molecule has 0 unspecified atom stereocenters. The Morgan fingerprint density at radius 2 is 2.22 bits per heavy atom. The van der Waals surface area contributed by atoms with Crippen LogP contribution in [0, 0.1) is 5.92 Å². The summed E-state index contributed by atoms with van der Waals surface area (Å²) >= 11 is 2.96. The summed E-state index contributed by atoms with van der Waals surface area (Å²) in [6.45, 7) is 5.47. The summed E-state index contributed by atoms with van der Waals surface area (Å²) in [4.78, 5) is 36.8. The Bertz CT molecular complexity index is 588. The second-order valence-corrected chi connectivity index (χ2v) is 8.02. The number of nitrogens with one attached hydrogen (secondary N) is 1. The van der Waals surface area contributed by atoms with E-state index in [0.29, 0.717) is 11.3 Å². The molecule has 2 aliphatic heterocycles. The normalized spacial score (nSPS) is 24.7. The number of carboxylic acids is 1. The molecule has 0 aromatic heterocycles. The third-order valence-corrected chi connectivity index (χ3v) is 5.94. The molecule has 3 atom stereocenters. The van der Waals surface area contributed by atoms with E-state index >= 15 is 0 Å². The van der Waals surface area contributed by atoms with Crippen LogP contribution >= 0.6 is 23.5 Å². The zero-order chi connectivity index (χ0) is 17.1. The van der Waals surface area contributed by atoms with Gasteiger partial charge >= 0.3 is 5.97 Å². The number of carbonyl (C=O) groups is 3. The molecule has 1 fully saturated rings. The molecular weight excluding hydrogens is 336 g/mol. The van der Waals surface area contributed by atoms with Crippen molar-refractivity contribution < 1.29 is 19.5 Å². The van der Waals surface area contributed by atoms with E-state index in [1.165, 1.54) is 29.8 Å². The van der Waals surface area contributed by atoms with E-state index in [1.54, 1.807) is 17.2 Å². The fourth-order valence-electron chi connectivity index (χ4n) is 2.96. The van der Waals surface area contributed by atoms with Crippen molar-refractivity contribution >= 4 is 41.3 Å². The summed E-state index contributed by atoms with van der Waals surface area (Å²) in [6, 6.07) is -0.0562. The molecule has 0 saturated carbocycles. The van der Waals surface area contributed by atoms with Gasteiger partial charge in [-0.2, -0.15) is 11.8 Å². The van der Waals surface area contributed by atoms with E-state index < -0.39 is 5.97 Å². The second kappa shape index (κ2) is 7.44. The molecule has 0 radical (unpaired) electrons. The Balaban J connectivity index is 2.11. The zero-order valence-corrected chi connectivity index (χ0v) is 14.9. The Morgan fingerprint density at radius 3 is 2.78 bits per heavy atom. The lowest BCUT2D eigenvalue weighted by atomic mass is 9.85. The molecule has 0 bridgehead atoms. The van der Waals surface area contributed by atoms with Gasteiger partial charge in [-0.15, -0.1) is 0 Å². The third kappa shape index (κ3) is 3.58. The van der Waals surface area contributed by atoms with Crippen LogP contribution in [0.25, 0.3) is 0 Å². The number of carbonyl (C=O) groups excluding carboxylic acids is 2. The Hall–Kier alpha value is -1.41. The number of aliphatic carboxylic acids is 1. The molecule has 8 heteroatoms. The Kier molecular flexibility index (Phi) is 5.80. The molecule has 1 saturated heterocycles. The number of hydrogen-bond acceptors (Lipinski definition) is 5. The summed E-state index contributed by atoms with van der Waals surface area (Å²) in [7, 11) is 0. The summed E-state index contributed by atoms with van der Waals surface area (Å²) < 4.78 is 0. The van der Waals surface area contributed by atoms with Gasteiger partial charge in [0.15, 0.2) is 0 Å². The highest BCUT2D eigenvalue weighted by Crippen LogP contribution is 2.48. The number of thioether (sulfide) groups is 2. The fourth-order valence-corrected chi connectivity index (χ4v) is 4.85. The van der Waals surface area contributed by atoms with E-state index in [2.05, 4.69) is 5.32 Å². The van der Waals surface area contributed by atoms with Crippen LogP contribution in [0.3, 0.4) is 0 Å². The quantitative estimate of drug-likeness (QED) is 0.679. The molecule has 126 valence electrons. The summed E-state index contributed by atoms with van der Waals surface area (Å²) in [6.07, 6.45) is 2.03. The van der Waals surface area contributed by atoms with Gasteiger partial charge in [-0.05, 0) is 11.2 Å². The fraction of sp³-hybridized carbons (Fsp3) is 0.533. The molecule has 2 N–H and O–H groups in total. The lowest BCUT2D eigenvalue weighted by Gasteiger charge is -2.45. The van der Waals surface area contributed by atoms with Gasteiger partial charge in [0.1, 0.15) is 5.70 Å². The second-order valence-electron chi connectivity index (χ2n) is 5.36. The Labute approximate surface area is 143 Å². The highest BCUT2D eigenvalue weighted by molar-refractivity contribution is 8.05. The molecule has 0 aromatic carbocycles. The monoisotopic (exact) mass is 356 g/mol.